The first-order chi connectivity index (χ1) is 10.9. The highest BCUT2D eigenvalue weighted by atomic mass is 35.5. The fourth-order valence-electron chi connectivity index (χ4n) is 2.77. The summed E-state index contributed by atoms with van der Waals surface area (Å²) < 4.78 is 6.03. The number of rotatable bonds is 6. The average molecular weight is 328 g/mol. The number of ether oxygens (including phenoxy) is 1. The van der Waals surface area contributed by atoms with Crippen LogP contribution in [0.2, 0.25) is 0 Å². The maximum atomic E-state index is 6.03. The summed E-state index contributed by atoms with van der Waals surface area (Å²) in [5, 5.41) is 5.75. The zero-order valence-electron chi connectivity index (χ0n) is 13.2. The van der Waals surface area contributed by atoms with Crippen LogP contribution in [-0.2, 0) is 0 Å². The molecule has 0 spiro atoms. The van der Waals surface area contributed by atoms with E-state index in [0.717, 1.165) is 12.2 Å². The van der Waals surface area contributed by atoms with E-state index in [1.807, 2.05) is 25.2 Å². The minimum Gasteiger partial charge on any atom is -0.493 e. The number of hydrogen-bond acceptors (Lipinski definition) is 2. The van der Waals surface area contributed by atoms with Gasteiger partial charge in [0.15, 0.2) is 0 Å². The molecule has 23 heavy (non-hydrogen) atoms. The molecule has 0 unspecified atom stereocenters. The van der Waals surface area contributed by atoms with E-state index in [4.69, 9.17) is 4.74 Å². The Hall–Kier alpha value is -2.03. The predicted octanol–water partition coefficient (Wildman–Crippen LogP) is 4.99. The predicted molar refractivity (Wildman–Crippen MR) is 99.6 cm³/mol. The Bertz CT molecular complexity index is 725. The molecule has 3 heteroatoms. The minimum absolute atomic E-state index is 0. The first-order valence-electron chi connectivity index (χ1n) is 7.71. The van der Waals surface area contributed by atoms with Crippen LogP contribution in [0.3, 0.4) is 0 Å². The highest BCUT2D eigenvalue weighted by molar-refractivity contribution is 5.88. The van der Waals surface area contributed by atoms with Gasteiger partial charge in [-0.3, -0.25) is 0 Å². The Balaban J connectivity index is 0.00000192. The lowest BCUT2D eigenvalue weighted by Crippen LogP contribution is -2.19. The fraction of sp³-hybridized carbons (Fsp3) is 0.200. The third-order valence-corrected chi connectivity index (χ3v) is 3.96. The zero-order valence-corrected chi connectivity index (χ0v) is 14.1. The number of fused-ring (bicyclic) bond motifs is 1. The first-order valence-corrected chi connectivity index (χ1v) is 7.71. The summed E-state index contributed by atoms with van der Waals surface area (Å²) in [4.78, 5) is 0. The van der Waals surface area contributed by atoms with Gasteiger partial charge in [-0.1, -0.05) is 66.7 Å². The second kappa shape index (κ2) is 8.56. The summed E-state index contributed by atoms with van der Waals surface area (Å²) in [7, 11) is 2.00. The number of nitrogens with one attached hydrogen (secondary N) is 1. The molecule has 0 aromatic heterocycles. The summed E-state index contributed by atoms with van der Waals surface area (Å²) in [5.41, 5.74) is 1.30. The number of hydrogen-bond donors (Lipinski definition) is 1. The standard InChI is InChI=1S/C20H21NO.ClH/c1-21-19(17-9-3-2-4-10-17)14-15-22-20-13-7-11-16-8-5-6-12-18(16)20;/h2-13,19,21H,14-15H2,1H3;1H/t19-;/m1./s1. The van der Waals surface area contributed by atoms with E-state index >= 15 is 0 Å². The van der Waals surface area contributed by atoms with E-state index in [1.165, 1.54) is 16.3 Å². The van der Waals surface area contributed by atoms with E-state index in [9.17, 15) is 0 Å². The molecule has 3 aromatic rings. The van der Waals surface area contributed by atoms with Gasteiger partial charge in [-0.15, -0.1) is 12.4 Å². The Morgan fingerprint density at radius 2 is 1.57 bits per heavy atom. The number of halogens is 1. The molecule has 1 atom stereocenters. The minimum atomic E-state index is 0. The molecule has 0 heterocycles. The summed E-state index contributed by atoms with van der Waals surface area (Å²) in [6.45, 7) is 0.689. The van der Waals surface area contributed by atoms with Gasteiger partial charge >= 0.3 is 0 Å². The molecular formula is C20H22ClNO. The van der Waals surface area contributed by atoms with Crippen LogP contribution in [0.5, 0.6) is 5.75 Å². The monoisotopic (exact) mass is 327 g/mol. The lowest BCUT2D eigenvalue weighted by molar-refractivity contribution is 0.293. The first kappa shape index (κ1) is 17.3. The molecule has 3 aromatic carbocycles. The third-order valence-electron chi connectivity index (χ3n) is 3.96. The van der Waals surface area contributed by atoms with Crippen molar-refractivity contribution < 1.29 is 4.74 Å². The molecule has 0 saturated heterocycles. The SMILES string of the molecule is CN[C@H](CCOc1cccc2ccccc12)c1ccccc1.Cl. The molecule has 2 nitrogen and oxygen atoms in total. The van der Waals surface area contributed by atoms with Crippen LogP contribution in [0.15, 0.2) is 72.8 Å². The van der Waals surface area contributed by atoms with Crippen molar-refractivity contribution in [2.75, 3.05) is 13.7 Å². The van der Waals surface area contributed by atoms with Crippen LogP contribution in [0.4, 0.5) is 0 Å². The largest absolute Gasteiger partial charge is 0.493 e. The van der Waals surface area contributed by atoms with Crippen molar-refractivity contribution in [3.8, 4) is 5.75 Å². The van der Waals surface area contributed by atoms with Crippen LogP contribution in [0.1, 0.15) is 18.0 Å². The van der Waals surface area contributed by atoms with Gasteiger partial charge in [0.05, 0.1) is 6.61 Å². The van der Waals surface area contributed by atoms with Gasteiger partial charge in [0.2, 0.25) is 0 Å². The molecule has 0 bridgehead atoms. The van der Waals surface area contributed by atoms with Crippen molar-refractivity contribution in [2.24, 2.45) is 0 Å². The molecule has 0 aliphatic heterocycles. The molecule has 0 saturated carbocycles. The fourth-order valence-corrected chi connectivity index (χ4v) is 2.77. The van der Waals surface area contributed by atoms with Crippen LogP contribution in [-0.4, -0.2) is 13.7 Å². The average Bonchev–Trinajstić information content (AvgIpc) is 2.59. The molecule has 3 rings (SSSR count). The highest BCUT2D eigenvalue weighted by Crippen LogP contribution is 2.26. The van der Waals surface area contributed by atoms with E-state index in [-0.39, 0.29) is 12.4 Å². The summed E-state index contributed by atoms with van der Waals surface area (Å²) in [6, 6.07) is 25.3. The van der Waals surface area contributed by atoms with Crippen molar-refractivity contribution in [2.45, 2.75) is 12.5 Å². The van der Waals surface area contributed by atoms with Gasteiger partial charge < -0.3 is 10.1 Å². The summed E-state index contributed by atoms with van der Waals surface area (Å²) >= 11 is 0. The van der Waals surface area contributed by atoms with Crippen LogP contribution in [0.25, 0.3) is 10.8 Å². The van der Waals surface area contributed by atoms with E-state index in [1.54, 1.807) is 0 Å². The topological polar surface area (TPSA) is 21.3 Å². The van der Waals surface area contributed by atoms with Crippen LogP contribution >= 0.6 is 12.4 Å². The smallest absolute Gasteiger partial charge is 0.127 e. The van der Waals surface area contributed by atoms with Gasteiger partial charge in [-0.25, -0.2) is 0 Å². The lowest BCUT2D eigenvalue weighted by atomic mass is 10.0. The molecule has 0 aliphatic rings. The van der Waals surface area contributed by atoms with E-state index in [0.29, 0.717) is 12.6 Å². The summed E-state index contributed by atoms with van der Waals surface area (Å²) in [6.07, 6.45) is 0.934. The maximum absolute atomic E-state index is 6.03. The second-order valence-corrected chi connectivity index (χ2v) is 5.37. The van der Waals surface area contributed by atoms with Gasteiger partial charge in [-0.2, -0.15) is 0 Å². The molecule has 0 radical (unpaired) electrons. The maximum Gasteiger partial charge on any atom is 0.127 e. The van der Waals surface area contributed by atoms with Crippen molar-refractivity contribution in [1.29, 1.82) is 0 Å². The van der Waals surface area contributed by atoms with Gasteiger partial charge in [0.1, 0.15) is 5.75 Å². The summed E-state index contributed by atoms with van der Waals surface area (Å²) in [5.74, 6) is 0.959. The van der Waals surface area contributed by atoms with Crippen molar-refractivity contribution in [3.63, 3.8) is 0 Å². The van der Waals surface area contributed by atoms with E-state index in [2.05, 4.69) is 59.9 Å². The Kier molecular flexibility index (Phi) is 6.45. The van der Waals surface area contributed by atoms with E-state index < -0.39 is 0 Å². The molecule has 1 N–H and O–H groups in total. The van der Waals surface area contributed by atoms with Crippen molar-refractivity contribution in [3.05, 3.63) is 78.4 Å². The zero-order chi connectivity index (χ0) is 15.2. The lowest BCUT2D eigenvalue weighted by Gasteiger charge is -2.17. The molecular weight excluding hydrogens is 306 g/mol. The quantitative estimate of drug-likeness (QED) is 0.688. The Morgan fingerprint density at radius 1 is 0.870 bits per heavy atom. The molecule has 120 valence electrons. The molecule has 0 aliphatic carbocycles. The van der Waals surface area contributed by atoms with Crippen molar-refractivity contribution in [1.82, 2.24) is 5.32 Å². The van der Waals surface area contributed by atoms with Gasteiger partial charge in [0.25, 0.3) is 0 Å². The second-order valence-electron chi connectivity index (χ2n) is 5.37. The van der Waals surface area contributed by atoms with Gasteiger partial charge in [0, 0.05) is 17.8 Å². The van der Waals surface area contributed by atoms with Gasteiger partial charge in [-0.05, 0) is 24.1 Å². The number of benzene rings is 3. The highest BCUT2D eigenvalue weighted by Gasteiger charge is 2.09. The Morgan fingerprint density at radius 3 is 2.35 bits per heavy atom. The third kappa shape index (κ3) is 4.25. The van der Waals surface area contributed by atoms with Crippen LogP contribution < -0.4 is 10.1 Å². The molecule has 0 amide bonds. The molecule has 0 fully saturated rings. The Labute approximate surface area is 143 Å². The normalized spacial score (nSPS) is 11.7. The van der Waals surface area contributed by atoms with Crippen LogP contribution in [0, 0.1) is 0 Å². The van der Waals surface area contributed by atoms with Crippen molar-refractivity contribution >= 4 is 23.2 Å².